The fraction of sp³-hybridized carbons (Fsp3) is 0.185. The van der Waals surface area contributed by atoms with Crippen LogP contribution in [0.3, 0.4) is 0 Å². The van der Waals surface area contributed by atoms with Crippen molar-refractivity contribution < 1.29 is 24.2 Å². The third-order valence-electron chi connectivity index (χ3n) is 5.63. The van der Waals surface area contributed by atoms with Crippen LogP contribution in [-0.2, 0) is 11.2 Å². The minimum atomic E-state index is -1.12. The third kappa shape index (κ3) is 6.85. The van der Waals surface area contributed by atoms with Gasteiger partial charge in [0.25, 0.3) is 5.91 Å². The van der Waals surface area contributed by atoms with Crippen LogP contribution in [0.25, 0.3) is 0 Å². The number of hydrogen-bond acceptors (Lipinski definition) is 6. The molecule has 0 aliphatic carbocycles. The summed E-state index contributed by atoms with van der Waals surface area (Å²) in [4.78, 5) is 36.3. The molecule has 192 valence electrons. The van der Waals surface area contributed by atoms with Gasteiger partial charge in [-0.15, -0.1) is 0 Å². The van der Waals surface area contributed by atoms with Crippen molar-refractivity contribution in [3.63, 3.8) is 0 Å². The Kier molecular flexibility index (Phi) is 8.82. The quantitative estimate of drug-likeness (QED) is 0.125. The van der Waals surface area contributed by atoms with Crippen LogP contribution in [-0.4, -0.2) is 41.9 Å². The second kappa shape index (κ2) is 12.2. The lowest BCUT2D eigenvalue weighted by atomic mass is 10.0. The highest BCUT2D eigenvalue weighted by atomic mass is 16.5. The number of carboxylic acid groups (broad SMARTS) is 1. The molecule has 10 heteroatoms. The van der Waals surface area contributed by atoms with Gasteiger partial charge in [-0.05, 0) is 60.5 Å². The van der Waals surface area contributed by atoms with E-state index in [2.05, 4.69) is 10.6 Å². The van der Waals surface area contributed by atoms with Crippen LogP contribution >= 0.6 is 0 Å². The SMILES string of the molecule is CCc1ccc(OCCNC(=O)c2ccccc2C(N)=O)c(C(Nc2ccc(C(=N)N)cc2)C(=O)O)c1. The second-order valence-corrected chi connectivity index (χ2v) is 8.15. The predicted molar refractivity (Wildman–Crippen MR) is 140 cm³/mol. The van der Waals surface area contributed by atoms with Crippen molar-refractivity contribution in [1.29, 1.82) is 5.41 Å². The van der Waals surface area contributed by atoms with Gasteiger partial charge in [-0.2, -0.15) is 0 Å². The van der Waals surface area contributed by atoms with Crippen LogP contribution < -0.4 is 26.8 Å². The van der Waals surface area contributed by atoms with E-state index in [9.17, 15) is 19.5 Å². The van der Waals surface area contributed by atoms with E-state index in [4.69, 9.17) is 21.6 Å². The molecule has 0 aromatic heterocycles. The topological polar surface area (TPSA) is 181 Å². The van der Waals surface area contributed by atoms with Crippen LogP contribution in [0.2, 0.25) is 0 Å². The smallest absolute Gasteiger partial charge is 0.330 e. The minimum Gasteiger partial charge on any atom is -0.491 e. The molecule has 0 bridgehead atoms. The van der Waals surface area contributed by atoms with Gasteiger partial charge in [0.15, 0.2) is 6.04 Å². The Balaban J connectivity index is 1.74. The lowest BCUT2D eigenvalue weighted by Crippen LogP contribution is -2.30. The molecule has 0 aliphatic rings. The number of carbonyl (C=O) groups excluding carboxylic acids is 2. The summed E-state index contributed by atoms with van der Waals surface area (Å²) >= 11 is 0. The zero-order valence-corrected chi connectivity index (χ0v) is 20.3. The number of rotatable bonds is 12. The first-order valence-electron chi connectivity index (χ1n) is 11.6. The number of benzene rings is 3. The summed E-state index contributed by atoms with van der Waals surface area (Å²) in [7, 11) is 0. The molecule has 3 aromatic carbocycles. The molecule has 2 amide bonds. The average molecular weight is 504 g/mol. The van der Waals surface area contributed by atoms with Gasteiger partial charge in [0.05, 0.1) is 17.7 Å². The molecule has 37 heavy (non-hydrogen) atoms. The highest BCUT2D eigenvalue weighted by molar-refractivity contribution is 6.06. The molecule has 0 saturated heterocycles. The maximum atomic E-state index is 12.5. The van der Waals surface area contributed by atoms with E-state index in [1.54, 1.807) is 48.5 Å². The molecule has 10 nitrogen and oxygen atoms in total. The number of aliphatic carboxylic acids is 1. The number of nitrogens with two attached hydrogens (primary N) is 2. The first kappa shape index (κ1) is 26.7. The van der Waals surface area contributed by atoms with E-state index >= 15 is 0 Å². The van der Waals surface area contributed by atoms with Gasteiger partial charge in [-0.3, -0.25) is 15.0 Å². The molecule has 0 saturated carbocycles. The molecule has 1 unspecified atom stereocenters. The minimum absolute atomic E-state index is 0.0581. The zero-order chi connectivity index (χ0) is 26.9. The molecule has 0 aliphatic heterocycles. The summed E-state index contributed by atoms with van der Waals surface area (Å²) in [5, 5.41) is 23.2. The molecule has 3 aromatic rings. The molecular weight excluding hydrogens is 474 g/mol. The largest absolute Gasteiger partial charge is 0.491 e. The van der Waals surface area contributed by atoms with Crippen LogP contribution in [0.4, 0.5) is 5.69 Å². The van der Waals surface area contributed by atoms with Gasteiger partial charge in [0.2, 0.25) is 5.91 Å². The van der Waals surface area contributed by atoms with E-state index in [-0.39, 0.29) is 30.1 Å². The Morgan fingerprint density at radius 2 is 1.68 bits per heavy atom. The number of ether oxygens (including phenoxy) is 1. The number of nitrogen functional groups attached to an aromatic ring is 1. The normalized spacial score (nSPS) is 11.3. The molecule has 0 heterocycles. The summed E-state index contributed by atoms with van der Waals surface area (Å²) in [6.07, 6.45) is 0.697. The fourth-order valence-electron chi connectivity index (χ4n) is 3.68. The first-order chi connectivity index (χ1) is 17.7. The van der Waals surface area contributed by atoms with Gasteiger partial charge in [-0.25, -0.2) is 4.79 Å². The zero-order valence-electron chi connectivity index (χ0n) is 20.3. The van der Waals surface area contributed by atoms with E-state index in [0.717, 1.165) is 5.56 Å². The number of carboxylic acids is 1. The van der Waals surface area contributed by atoms with Crippen molar-refractivity contribution in [3.8, 4) is 5.75 Å². The van der Waals surface area contributed by atoms with Gasteiger partial charge in [0, 0.05) is 16.8 Å². The lowest BCUT2D eigenvalue weighted by Gasteiger charge is -2.21. The molecule has 0 radical (unpaired) electrons. The first-order valence-corrected chi connectivity index (χ1v) is 11.6. The summed E-state index contributed by atoms with van der Waals surface area (Å²) in [5.41, 5.74) is 13.5. The predicted octanol–water partition coefficient (Wildman–Crippen LogP) is 2.68. The Labute approximate surface area is 214 Å². The summed E-state index contributed by atoms with van der Waals surface area (Å²) in [6, 6.07) is 17.0. The Morgan fingerprint density at radius 3 is 2.27 bits per heavy atom. The van der Waals surface area contributed by atoms with Gasteiger partial charge in [0.1, 0.15) is 18.2 Å². The number of hydrogen-bond donors (Lipinski definition) is 6. The number of anilines is 1. The summed E-state index contributed by atoms with van der Waals surface area (Å²) < 4.78 is 5.87. The number of aryl methyl sites for hydroxylation is 1. The monoisotopic (exact) mass is 503 g/mol. The second-order valence-electron chi connectivity index (χ2n) is 8.15. The maximum Gasteiger partial charge on any atom is 0.330 e. The van der Waals surface area contributed by atoms with Crippen molar-refractivity contribution in [2.75, 3.05) is 18.5 Å². The lowest BCUT2D eigenvalue weighted by molar-refractivity contribution is -0.138. The van der Waals surface area contributed by atoms with Crippen LogP contribution in [0, 0.1) is 5.41 Å². The van der Waals surface area contributed by atoms with E-state index in [0.29, 0.717) is 29.0 Å². The molecule has 3 rings (SSSR count). The molecule has 1 atom stereocenters. The van der Waals surface area contributed by atoms with Crippen LogP contribution in [0.5, 0.6) is 5.75 Å². The van der Waals surface area contributed by atoms with Crippen LogP contribution in [0.1, 0.15) is 50.4 Å². The number of carbonyl (C=O) groups is 3. The summed E-state index contributed by atoms with van der Waals surface area (Å²) in [6.45, 7) is 2.13. The molecular formula is C27H29N5O5. The molecule has 8 N–H and O–H groups in total. The average Bonchev–Trinajstić information content (AvgIpc) is 2.89. The van der Waals surface area contributed by atoms with Crippen molar-refractivity contribution in [2.45, 2.75) is 19.4 Å². The number of amides is 2. The van der Waals surface area contributed by atoms with Crippen molar-refractivity contribution in [3.05, 3.63) is 94.5 Å². The Hall–Kier alpha value is -4.86. The number of nitrogens with one attached hydrogen (secondary N) is 3. The molecule has 0 fully saturated rings. The van der Waals surface area contributed by atoms with E-state index in [1.165, 1.54) is 12.1 Å². The van der Waals surface area contributed by atoms with E-state index < -0.39 is 23.8 Å². The molecule has 0 spiro atoms. The van der Waals surface area contributed by atoms with Crippen molar-refractivity contribution in [1.82, 2.24) is 5.32 Å². The number of primary amides is 1. The Morgan fingerprint density at radius 1 is 1.00 bits per heavy atom. The highest BCUT2D eigenvalue weighted by Gasteiger charge is 2.24. The number of amidine groups is 1. The summed E-state index contributed by atoms with van der Waals surface area (Å²) in [5.74, 6) is -2.02. The van der Waals surface area contributed by atoms with Gasteiger partial charge in [-0.1, -0.05) is 25.1 Å². The van der Waals surface area contributed by atoms with Gasteiger partial charge >= 0.3 is 5.97 Å². The highest BCUT2D eigenvalue weighted by Crippen LogP contribution is 2.30. The maximum absolute atomic E-state index is 12.5. The van der Waals surface area contributed by atoms with Crippen molar-refractivity contribution in [2.24, 2.45) is 11.5 Å². The fourth-order valence-corrected chi connectivity index (χ4v) is 3.68. The Bertz CT molecular complexity index is 1310. The van der Waals surface area contributed by atoms with Gasteiger partial charge < -0.3 is 31.9 Å². The van der Waals surface area contributed by atoms with Crippen LogP contribution in [0.15, 0.2) is 66.7 Å². The third-order valence-corrected chi connectivity index (χ3v) is 5.63. The standard InChI is InChI=1S/C27H29N5O5/c1-2-16-7-12-22(37-14-13-31-26(34)20-6-4-3-5-19(20)25(30)33)21(15-16)23(27(35)36)32-18-10-8-17(9-11-18)24(28)29/h3-12,15,23,32H,2,13-14H2,1H3,(H3,28,29)(H2,30,33)(H,31,34)(H,35,36). The van der Waals surface area contributed by atoms with Crippen molar-refractivity contribution >= 4 is 29.3 Å². The van der Waals surface area contributed by atoms with E-state index in [1.807, 2.05) is 13.0 Å².